The van der Waals surface area contributed by atoms with Crippen molar-refractivity contribution in [1.29, 1.82) is 0 Å². The number of hydrogen-bond donors (Lipinski definition) is 1. The summed E-state index contributed by atoms with van der Waals surface area (Å²) in [6.07, 6.45) is 0. The molecule has 2 aromatic rings. The molecule has 1 aromatic carbocycles. The van der Waals surface area contributed by atoms with E-state index in [-0.39, 0.29) is 27.9 Å². The molecule has 0 fully saturated rings. The second kappa shape index (κ2) is 3.69. The van der Waals surface area contributed by atoms with Crippen LogP contribution in [0.15, 0.2) is 18.2 Å². The molecule has 2 rings (SSSR count). The van der Waals surface area contributed by atoms with Crippen molar-refractivity contribution >= 4 is 17.0 Å². The quantitative estimate of drug-likeness (QED) is 0.753. The number of hydrogen-bond acceptors (Lipinski definition) is 3. The molecule has 0 bridgehead atoms. The van der Waals surface area contributed by atoms with Crippen molar-refractivity contribution in [3.05, 3.63) is 23.8 Å². The number of nitrogens with zero attached hydrogens (tertiary/aromatic N) is 3. The third kappa shape index (κ3) is 1.62. The van der Waals surface area contributed by atoms with Crippen LogP contribution in [0.25, 0.3) is 11.0 Å². The van der Waals surface area contributed by atoms with E-state index in [4.69, 9.17) is 5.11 Å². The van der Waals surface area contributed by atoms with Gasteiger partial charge >= 0.3 is 28.3 Å². The van der Waals surface area contributed by atoms with Crippen LogP contribution in [0, 0.1) is 0 Å². The Labute approximate surface area is 88.7 Å². The van der Waals surface area contributed by atoms with Crippen LogP contribution >= 0.6 is 0 Å². The van der Waals surface area contributed by atoms with Gasteiger partial charge in [-0.25, -0.2) is 4.79 Å². The topological polar surface area (TPSA) is 77.2 Å². The summed E-state index contributed by atoms with van der Waals surface area (Å²) >= 11 is 0. The van der Waals surface area contributed by atoms with Crippen molar-refractivity contribution in [2.75, 3.05) is 0 Å². The van der Waals surface area contributed by atoms with Gasteiger partial charge in [0.15, 0.2) is 0 Å². The Morgan fingerprint density at radius 1 is 1.46 bits per heavy atom. The summed E-state index contributed by atoms with van der Waals surface area (Å²) in [7, 11) is 0. The summed E-state index contributed by atoms with van der Waals surface area (Å²) in [5.41, 5.74) is 0.984. The fourth-order valence-electron chi connectivity index (χ4n) is 1.00. The minimum atomic E-state index is -1.01. The van der Waals surface area contributed by atoms with Gasteiger partial charge in [-0.3, -0.25) is 5.21 Å². The van der Waals surface area contributed by atoms with Crippen molar-refractivity contribution in [2.24, 2.45) is 0 Å². The van der Waals surface area contributed by atoms with Crippen molar-refractivity contribution in [1.82, 2.24) is 15.4 Å². The first-order valence-corrected chi connectivity index (χ1v) is 3.27. The van der Waals surface area contributed by atoms with E-state index in [1.807, 2.05) is 0 Å². The maximum absolute atomic E-state index is 10.6. The number of carboxylic acids is 1. The van der Waals surface area contributed by atoms with Gasteiger partial charge < -0.3 is 15.3 Å². The van der Waals surface area contributed by atoms with Gasteiger partial charge in [-0.1, -0.05) is 12.1 Å². The Morgan fingerprint density at radius 3 is 2.92 bits per heavy atom. The van der Waals surface area contributed by atoms with E-state index in [2.05, 4.69) is 15.4 Å². The third-order valence-corrected chi connectivity index (χ3v) is 1.54. The Balaban J connectivity index is 0.000000845. The molecule has 70 valence electrons. The molecule has 0 saturated heterocycles. The molecule has 1 N–H and O–H groups in total. The first-order chi connectivity index (χ1) is 5.79. The summed E-state index contributed by atoms with van der Waals surface area (Å²) < 4.78 is 0. The van der Waals surface area contributed by atoms with Gasteiger partial charge in [0.1, 0.15) is 0 Å². The summed E-state index contributed by atoms with van der Waals surface area (Å²) in [5.74, 6) is -1.01. The monoisotopic (exact) mass is 269 g/mol. The van der Waals surface area contributed by atoms with Crippen molar-refractivity contribution in [3.63, 3.8) is 0 Å². The molecule has 0 radical (unpaired) electrons. The zero-order valence-electron chi connectivity index (χ0n) is 6.23. The molecule has 0 aliphatic carbocycles. The van der Waals surface area contributed by atoms with E-state index in [1.165, 1.54) is 6.07 Å². The predicted molar refractivity (Wildman–Crippen MR) is 39.8 cm³/mol. The molecular weight excluding hydrogens is 266 g/mol. The standard InChI is InChI=1S/C7H5N3O2.Ag/c11-7(12)4-2-1-3-5-6(4)9-10-8-5;/h1-3H,(H2,8,9,10,11,12);/q;+1/p-1. The normalized spacial score (nSPS) is 9.54. The molecule has 0 atom stereocenters. The number of aromatic carboxylic acids is 1. The Morgan fingerprint density at radius 2 is 2.23 bits per heavy atom. The molecule has 6 heteroatoms. The van der Waals surface area contributed by atoms with Crippen LogP contribution in [0.3, 0.4) is 0 Å². The fourth-order valence-corrected chi connectivity index (χ4v) is 1.00. The molecule has 0 aliphatic heterocycles. The molecule has 1 heterocycles. The minimum Gasteiger partial charge on any atom is -0.478 e. The summed E-state index contributed by atoms with van der Waals surface area (Å²) in [6.45, 7) is 0. The second-order valence-electron chi connectivity index (χ2n) is 2.27. The molecule has 5 nitrogen and oxygen atoms in total. The number of fused-ring (bicyclic) bond motifs is 1. The van der Waals surface area contributed by atoms with Crippen LogP contribution in [0.5, 0.6) is 0 Å². The first kappa shape index (κ1) is 9.91. The average Bonchev–Trinajstić information content (AvgIpc) is 2.49. The molecule has 0 aliphatic rings. The minimum absolute atomic E-state index is 0. The van der Waals surface area contributed by atoms with E-state index in [9.17, 15) is 4.79 Å². The number of aromatic nitrogens is 3. The van der Waals surface area contributed by atoms with Crippen molar-refractivity contribution < 1.29 is 32.3 Å². The van der Waals surface area contributed by atoms with Crippen LogP contribution < -0.4 is 5.10 Å². The number of carboxylic acid groups (broad SMARTS) is 1. The number of carbonyl (C=O) groups is 1. The molecule has 0 spiro atoms. The van der Waals surface area contributed by atoms with E-state index in [1.54, 1.807) is 12.1 Å². The van der Waals surface area contributed by atoms with Gasteiger partial charge in [0.05, 0.1) is 5.56 Å². The van der Waals surface area contributed by atoms with Gasteiger partial charge in [0.2, 0.25) is 0 Å². The number of rotatable bonds is 1. The molecule has 0 amide bonds. The zero-order chi connectivity index (χ0) is 8.55. The maximum Gasteiger partial charge on any atom is 1.00 e. The van der Waals surface area contributed by atoms with Crippen molar-refractivity contribution in [3.8, 4) is 0 Å². The molecule has 1 aromatic heterocycles. The zero-order valence-corrected chi connectivity index (χ0v) is 7.71. The van der Waals surface area contributed by atoms with Crippen LogP contribution in [-0.4, -0.2) is 21.4 Å². The first-order valence-electron chi connectivity index (χ1n) is 3.27. The maximum atomic E-state index is 10.6. The Hall–Kier alpha value is -1.17. The summed E-state index contributed by atoms with van der Waals surface area (Å²) in [4.78, 5) is 10.6. The molecule has 13 heavy (non-hydrogen) atoms. The van der Waals surface area contributed by atoms with Crippen LogP contribution in [0.4, 0.5) is 0 Å². The fraction of sp³-hybridized carbons (Fsp3) is 0. The van der Waals surface area contributed by atoms with Gasteiger partial charge in [0, 0.05) is 0 Å². The van der Waals surface area contributed by atoms with Gasteiger partial charge in [-0.05, 0) is 17.1 Å². The van der Waals surface area contributed by atoms with E-state index in [0.717, 1.165) is 0 Å². The van der Waals surface area contributed by atoms with Crippen LogP contribution in [0.2, 0.25) is 0 Å². The second-order valence-corrected chi connectivity index (χ2v) is 2.27. The van der Waals surface area contributed by atoms with E-state index >= 15 is 0 Å². The summed E-state index contributed by atoms with van der Waals surface area (Å²) in [6, 6.07) is 4.75. The Bertz CT molecular complexity index is 440. The SMILES string of the molecule is O=C(O)c1cccc2[n-]nnc12.[Ag+]. The van der Waals surface area contributed by atoms with Gasteiger partial charge in [0.25, 0.3) is 0 Å². The van der Waals surface area contributed by atoms with Gasteiger partial charge in [-0.15, -0.1) is 0 Å². The molecule has 0 unspecified atom stereocenters. The molecule has 0 saturated carbocycles. The largest absolute Gasteiger partial charge is 1.00 e. The Kier molecular flexibility index (Phi) is 2.82. The van der Waals surface area contributed by atoms with Gasteiger partial charge in [-0.2, -0.15) is 0 Å². The van der Waals surface area contributed by atoms with Crippen LogP contribution in [0.1, 0.15) is 10.4 Å². The smallest absolute Gasteiger partial charge is 0.478 e. The van der Waals surface area contributed by atoms with E-state index < -0.39 is 5.97 Å². The summed E-state index contributed by atoms with van der Waals surface area (Å²) in [5, 5.41) is 19.3. The predicted octanol–water partition coefficient (Wildman–Crippen LogP) is 0.283. The number of benzene rings is 1. The van der Waals surface area contributed by atoms with Crippen molar-refractivity contribution in [2.45, 2.75) is 0 Å². The third-order valence-electron chi connectivity index (χ3n) is 1.54. The van der Waals surface area contributed by atoms with Crippen LogP contribution in [-0.2, 0) is 22.4 Å². The average molecular weight is 270 g/mol. The molecular formula is C7H4AgN3O2. The van der Waals surface area contributed by atoms with E-state index in [0.29, 0.717) is 11.0 Å².